The zero-order chi connectivity index (χ0) is 17.5. The van der Waals surface area contributed by atoms with Crippen molar-refractivity contribution in [3.63, 3.8) is 0 Å². The van der Waals surface area contributed by atoms with Crippen LogP contribution >= 0.6 is 12.2 Å². The molecule has 0 heterocycles. The Labute approximate surface area is 153 Å². The van der Waals surface area contributed by atoms with Gasteiger partial charge in [-0.1, -0.05) is 82.2 Å². The fraction of sp³-hybridized carbons (Fsp3) is 0.650. The lowest BCUT2D eigenvalue weighted by molar-refractivity contribution is 0.254. The number of aliphatic hydroxyl groups excluding tert-OH is 1. The number of thiocarbonyl (C=S) groups is 1. The van der Waals surface area contributed by atoms with Crippen LogP contribution < -0.4 is 10.6 Å². The molecular formula is C20H34N2OS. The van der Waals surface area contributed by atoms with Gasteiger partial charge in [0.1, 0.15) is 0 Å². The molecule has 24 heavy (non-hydrogen) atoms. The van der Waals surface area contributed by atoms with Gasteiger partial charge in [-0.05, 0) is 30.6 Å². The number of hydrogen-bond donors (Lipinski definition) is 3. The Bertz CT molecular complexity index is 425. The van der Waals surface area contributed by atoms with Crippen LogP contribution in [0.2, 0.25) is 0 Å². The Morgan fingerprint density at radius 2 is 1.62 bits per heavy atom. The molecule has 0 radical (unpaired) electrons. The Morgan fingerprint density at radius 1 is 1.00 bits per heavy atom. The van der Waals surface area contributed by atoms with E-state index in [4.69, 9.17) is 12.2 Å². The zero-order valence-electron chi connectivity index (χ0n) is 15.1. The molecule has 0 spiro atoms. The normalized spacial score (nSPS) is 11.9. The average Bonchev–Trinajstić information content (AvgIpc) is 2.60. The molecule has 0 aliphatic heterocycles. The minimum absolute atomic E-state index is 0.0361. The van der Waals surface area contributed by atoms with E-state index in [2.05, 4.69) is 29.7 Å². The fourth-order valence-corrected chi connectivity index (χ4v) is 3.03. The SMILES string of the molecule is CCCCCCCCCCNC(=S)N[C@@H](CO)Cc1ccccc1. The molecule has 0 aromatic heterocycles. The van der Waals surface area contributed by atoms with Crippen molar-refractivity contribution in [1.82, 2.24) is 10.6 Å². The summed E-state index contributed by atoms with van der Waals surface area (Å²) in [4.78, 5) is 0. The van der Waals surface area contributed by atoms with Gasteiger partial charge in [0, 0.05) is 6.54 Å². The molecule has 136 valence electrons. The lowest BCUT2D eigenvalue weighted by Crippen LogP contribution is -2.44. The van der Waals surface area contributed by atoms with Crippen molar-refractivity contribution >= 4 is 17.3 Å². The molecule has 0 unspecified atom stereocenters. The molecule has 3 N–H and O–H groups in total. The Balaban J connectivity index is 2.05. The van der Waals surface area contributed by atoms with Gasteiger partial charge in [-0.25, -0.2) is 0 Å². The largest absolute Gasteiger partial charge is 0.394 e. The van der Waals surface area contributed by atoms with Gasteiger partial charge in [0.15, 0.2) is 5.11 Å². The first-order chi connectivity index (χ1) is 11.8. The van der Waals surface area contributed by atoms with Crippen LogP contribution in [0.3, 0.4) is 0 Å². The second-order valence-electron chi connectivity index (χ2n) is 6.44. The van der Waals surface area contributed by atoms with Crippen molar-refractivity contribution in [3.8, 4) is 0 Å². The molecule has 0 aliphatic rings. The predicted molar refractivity (Wildman–Crippen MR) is 107 cm³/mol. The lowest BCUT2D eigenvalue weighted by atomic mass is 10.1. The number of aliphatic hydroxyl groups is 1. The number of hydrogen-bond acceptors (Lipinski definition) is 2. The summed E-state index contributed by atoms with van der Waals surface area (Å²) in [6.45, 7) is 3.24. The number of rotatable bonds is 13. The summed E-state index contributed by atoms with van der Waals surface area (Å²) in [5.74, 6) is 0. The predicted octanol–water partition coefficient (Wildman–Crippen LogP) is 4.19. The Morgan fingerprint density at radius 3 is 2.25 bits per heavy atom. The number of benzene rings is 1. The van der Waals surface area contributed by atoms with Crippen LogP contribution in [0.1, 0.15) is 63.9 Å². The van der Waals surface area contributed by atoms with Crippen molar-refractivity contribution in [2.75, 3.05) is 13.2 Å². The molecule has 1 aromatic carbocycles. The third kappa shape index (κ3) is 10.6. The van der Waals surface area contributed by atoms with Crippen LogP contribution in [0.15, 0.2) is 30.3 Å². The molecule has 1 rings (SSSR count). The van der Waals surface area contributed by atoms with Crippen LogP contribution in [0.25, 0.3) is 0 Å². The lowest BCUT2D eigenvalue weighted by Gasteiger charge is -2.19. The molecule has 0 saturated carbocycles. The highest BCUT2D eigenvalue weighted by atomic mass is 32.1. The maximum Gasteiger partial charge on any atom is 0.166 e. The maximum atomic E-state index is 9.52. The van der Waals surface area contributed by atoms with Crippen molar-refractivity contribution in [2.24, 2.45) is 0 Å². The summed E-state index contributed by atoms with van der Waals surface area (Å²) < 4.78 is 0. The Kier molecular flexibility index (Phi) is 12.4. The van der Waals surface area contributed by atoms with Gasteiger partial charge in [0.25, 0.3) is 0 Å². The minimum atomic E-state index is -0.0361. The van der Waals surface area contributed by atoms with Gasteiger partial charge < -0.3 is 15.7 Å². The van der Waals surface area contributed by atoms with E-state index in [1.165, 1.54) is 50.5 Å². The maximum absolute atomic E-state index is 9.52. The van der Waals surface area contributed by atoms with E-state index in [-0.39, 0.29) is 12.6 Å². The second-order valence-corrected chi connectivity index (χ2v) is 6.85. The van der Waals surface area contributed by atoms with E-state index in [0.29, 0.717) is 5.11 Å². The highest BCUT2D eigenvalue weighted by molar-refractivity contribution is 7.80. The molecular weight excluding hydrogens is 316 g/mol. The summed E-state index contributed by atoms with van der Waals surface area (Å²) >= 11 is 5.33. The van der Waals surface area contributed by atoms with Crippen molar-refractivity contribution in [2.45, 2.75) is 70.8 Å². The van der Waals surface area contributed by atoms with Crippen LogP contribution in [-0.4, -0.2) is 29.4 Å². The molecule has 4 heteroatoms. The molecule has 0 saturated heterocycles. The minimum Gasteiger partial charge on any atom is -0.394 e. The van der Waals surface area contributed by atoms with Crippen molar-refractivity contribution < 1.29 is 5.11 Å². The molecule has 0 bridgehead atoms. The van der Waals surface area contributed by atoms with E-state index in [1.807, 2.05) is 18.2 Å². The van der Waals surface area contributed by atoms with Gasteiger partial charge in [-0.2, -0.15) is 0 Å². The molecule has 1 aromatic rings. The zero-order valence-corrected chi connectivity index (χ0v) is 15.9. The van der Waals surface area contributed by atoms with Crippen LogP contribution in [0.5, 0.6) is 0 Å². The highest BCUT2D eigenvalue weighted by Gasteiger charge is 2.09. The number of unbranched alkanes of at least 4 members (excludes halogenated alkanes) is 7. The fourth-order valence-electron chi connectivity index (χ4n) is 2.76. The first-order valence-corrected chi connectivity index (χ1v) is 9.86. The summed E-state index contributed by atoms with van der Waals surface area (Å²) in [5.41, 5.74) is 1.20. The van der Waals surface area contributed by atoms with Gasteiger partial charge >= 0.3 is 0 Å². The molecule has 3 nitrogen and oxygen atoms in total. The smallest absolute Gasteiger partial charge is 0.166 e. The van der Waals surface area contributed by atoms with Gasteiger partial charge in [-0.3, -0.25) is 0 Å². The molecule has 0 aliphatic carbocycles. The van der Waals surface area contributed by atoms with Crippen molar-refractivity contribution in [1.29, 1.82) is 0 Å². The van der Waals surface area contributed by atoms with E-state index < -0.39 is 0 Å². The topological polar surface area (TPSA) is 44.3 Å². The average molecular weight is 351 g/mol. The van der Waals surface area contributed by atoms with Gasteiger partial charge in [0.2, 0.25) is 0 Å². The third-order valence-electron chi connectivity index (χ3n) is 4.20. The van der Waals surface area contributed by atoms with E-state index >= 15 is 0 Å². The van der Waals surface area contributed by atoms with E-state index in [0.717, 1.165) is 19.4 Å². The second kappa shape index (κ2) is 14.2. The quantitative estimate of drug-likeness (QED) is 0.369. The summed E-state index contributed by atoms with van der Waals surface area (Å²) in [5, 5.41) is 16.6. The van der Waals surface area contributed by atoms with Crippen molar-refractivity contribution in [3.05, 3.63) is 35.9 Å². The third-order valence-corrected chi connectivity index (χ3v) is 4.46. The van der Waals surface area contributed by atoms with Gasteiger partial charge in [0.05, 0.1) is 12.6 Å². The summed E-state index contributed by atoms with van der Waals surface area (Å²) in [7, 11) is 0. The van der Waals surface area contributed by atoms with E-state index in [9.17, 15) is 5.11 Å². The Hall–Kier alpha value is -1.13. The van der Waals surface area contributed by atoms with Gasteiger partial charge in [-0.15, -0.1) is 0 Å². The standard InChI is InChI=1S/C20H34N2OS/c1-2-3-4-5-6-7-8-12-15-21-20(24)22-19(17-23)16-18-13-10-9-11-14-18/h9-11,13-14,19,23H,2-8,12,15-17H2,1H3,(H2,21,22,24)/t19-/m1/s1. The summed E-state index contributed by atoms with van der Waals surface area (Å²) in [6, 6.07) is 10.1. The first-order valence-electron chi connectivity index (χ1n) is 9.45. The van der Waals surface area contributed by atoms with Crippen LogP contribution in [-0.2, 0) is 6.42 Å². The first kappa shape index (κ1) is 20.9. The van der Waals surface area contributed by atoms with Crippen LogP contribution in [0, 0.1) is 0 Å². The molecule has 0 fully saturated rings. The molecule has 1 atom stereocenters. The monoisotopic (exact) mass is 350 g/mol. The van der Waals surface area contributed by atoms with Crippen LogP contribution in [0.4, 0.5) is 0 Å². The summed E-state index contributed by atoms with van der Waals surface area (Å²) in [6.07, 6.45) is 11.3. The molecule has 0 amide bonds. The number of nitrogens with one attached hydrogen (secondary N) is 2. The van der Waals surface area contributed by atoms with E-state index in [1.54, 1.807) is 0 Å². The highest BCUT2D eigenvalue weighted by Crippen LogP contribution is 2.08.